The van der Waals surface area contributed by atoms with Gasteiger partial charge in [-0.15, -0.1) is 0 Å². The van der Waals surface area contributed by atoms with E-state index in [4.69, 9.17) is 5.73 Å². The lowest BCUT2D eigenvalue weighted by Crippen LogP contribution is -2.39. The van der Waals surface area contributed by atoms with Crippen LogP contribution in [0.25, 0.3) is 0 Å². The van der Waals surface area contributed by atoms with Crippen LogP contribution in [0.3, 0.4) is 0 Å². The summed E-state index contributed by atoms with van der Waals surface area (Å²) >= 11 is 0. The van der Waals surface area contributed by atoms with Crippen LogP contribution in [0.2, 0.25) is 0 Å². The smallest absolute Gasteiger partial charge is 0.242 e. The Labute approximate surface area is 89.8 Å². The standard InChI is InChI=1S/C9H15N3O2S/c1-2-8(6-10)12-15(13,14)9-4-3-5-11-7-9/h3-5,7-8,12H,2,6,10H2,1H3. The Morgan fingerprint density at radius 1 is 1.60 bits per heavy atom. The Morgan fingerprint density at radius 2 is 2.33 bits per heavy atom. The highest BCUT2D eigenvalue weighted by Crippen LogP contribution is 2.06. The van der Waals surface area contributed by atoms with Crippen LogP contribution in [0.4, 0.5) is 0 Å². The SMILES string of the molecule is CCC(CN)NS(=O)(=O)c1cccnc1. The molecule has 1 rings (SSSR count). The monoisotopic (exact) mass is 229 g/mol. The number of pyridine rings is 1. The zero-order valence-electron chi connectivity index (χ0n) is 8.55. The van der Waals surface area contributed by atoms with Gasteiger partial charge < -0.3 is 5.73 Å². The molecule has 1 unspecified atom stereocenters. The van der Waals surface area contributed by atoms with Gasteiger partial charge in [-0.25, -0.2) is 13.1 Å². The van der Waals surface area contributed by atoms with Crippen LogP contribution in [0.15, 0.2) is 29.4 Å². The molecule has 0 aliphatic carbocycles. The van der Waals surface area contributed by atoms with Crippen molar-refractivity contribution >= 4 is 10.0 Å². The van der Waals surface area contributed by atoms with Gasteiger partial charge in [-0.05, 0) is 18.6 Å². The molecule has 1 aromatic heterocycles. The normalized spacial score (nSPS) is 13.7. The van der Waals surface area contributed by atoms with Gasteiger partial charge in [0.25, 0.3) is 0 Å². The number of aromatic nitrogens is 1. The molecule has 0 amide bonds. The van der Waals surface area contributed by atoms with Crippen LogP contribution < -0.4 is 10.5 Å². The molecule has 15 heavy (non-hydrogen) atoms. The summed E-state index contributed by atoms with van der Waals surface area (Å²) in [6.07, 6.45) is 3.50. The summed E-state index contributed by atoms with van der Waals surface area (Å²) in [5, 5.41) is 0. The number of hydrogen-bond donors (Lipinski definition) is 2. The molecule has 0 aromatic carbocycles. The lowest BCUT2D eigenvalue weighted by molar-refractivity contribution is 0.542. The number of nitrogens with two attached hydrogens (primary N) is 1. The zero-order chi connectivity index (χ0) is 11.3. The fourth-order valence-electron chi connectivity index (χ4n) is 1.09. The Morgan fingerprint density at radius 3 is 2.80 bits per heavy atom. The van der Waals surface area contributed by atoms with Gasteiger partial charge in [-0.1, -0.05) is 6.92 Å². The first-order valence-electron chi connectivity index (χ1n) is 4.72. The highest BCUT2D eigenvalue weighted by Gasteiger charge is 2.17. The van der Waals surface area contributed by atoms with Gasteiger partial charge in [0.15, 0.2) is 0 Å². The average molecular weight is 229 g/mol. The molecular formula is C9H15N3O2S. The average Bonchev–Trinajstić information content (AvgIpc) is 2.27. The number of nitrogens with zero attached hydrogens (tertiary/aromatic N) is 1. The van der Waals surface area contributed by atoms with Crippen molar-refractivity contribution < 1.29 is 8.42 Å². The van der Waals surface area contributed by atoms with E-state index in [1.165, 1.54) is 18.5 Å². The Kier molecular flexibility index (Phi) is 4.19. The van der Waals surface area contributed by atoms with Gasteiger partial charge in [0.1, 0.15) is 4.90 Å². The second kappa shape index (κ2) is 5.20. The minimum absolute atomic E-state index is 0.164. The van der Waals surface area contributed by atoms with Crippen LogP contribution in [-0.4, -0.2) is 26.0 Å². The largest absolute Gasteiger partial charge is 0.329 e. The fraction of sp³-hybridized carbons (Fsp3) is 0.444. The maximum atomic E-state index is 11.8. The van der Waals surface area contributed by atoms with Gasteiger partial charge in [-0.3, -0.25) is 4.98 Å². The van der Waals surface area contributed by atoms with Gasteiger partial charge in [-0.2, -0.15) is 0 Å². The van der Waals surface area contributed by atoms with Crippen molar-refractivity contribution in [3.8, 4) is 0 Å². The number of nitrogens with one attached hydrogen (secondary N) is 1. The first-order valence-corrected chi connectivity index (χ1v) is 6.21. The van der Waals surface area contributed by atoms with Crippen molar-refractivity contribution in [1.82, 2.24) is 9.71 Å². The third-order valence-corrected chi connectivity index (χ3v) is 3.55. The minimum atomic E-state index is -3.48. The van der Waals surface area contributed by atoms with Crippen LogP contribution in [0.1, 0.15) is 13.3 Å². The number of rotatable bonds is 5. The molecule has 0 aliphatic heterocycles. The molecule has 6 heteroatoms. The molecule has 0 fully saturated rings. The van der Waals surface area contributed by atoms with Crippen molar-refractivity contribution in [2.45, 2.75) is 24.3 Å². The first-order chi connectivity index (χ1) is 7.10. The Bertz CT molecular complexity index is 387. The summed E-state index contributed by atoms with van der Waals surface area (Å²) in [7, 11) is -3.48. The van der Waals surface area contributed by atoms with E-state index in [2.05, 4.69) is 9.71 Å². The molecule has 0 aliphatic rings. The lowest BCUT2D eigenvalue weighted by Gasteiger charge is -2.14. The number of hydrogen-bond acceptors (Lipinski definition) is 4. The van der Waals surface area contributed by atoms with Crippen molar-refractivity contribution in [2.75, 3.05) is 6.54 Å². The number of sulfonamides is 1. The lowest BCUT2D eigenvalue weighted by atomic mass is 10.2. The Balaban J connectivity index is 2.85. The van der Waals surface area contributed by atoms with Crippen molar-refractivity contribution in [3.63, 3.8) is 0 Å². The maximum Gasteiger partial charge on any atom is 0.242 e. The van der Waals surface area contributed by atoms with Crippen LogP contribution in [-0.2, 0) is 10.0 Å². The van der Waals surface area contributed by atoms with Crippen molar-refractivity contribution in [3.05, 3.63) is 24.5 Å². The summed E-state index contributed by atoms with van der Waals surface area (Å²) < 4.78 is 26.0. The maximum absolute atomic E-state index is 11.8. The molecule has 3 N–H and O–H groups in total. The summed E-state index contributed by atoms with van der Waals surface area (Å²) in [6, 6.07) is 2.85. The third kappa shape index (κ3) is 3.26. The quantitative estimate of drug-likeness (QED) is 0.749. The van der Waals surface area contributed by atoms with Crippen molar-refractivity contribution in [2.24, 2.45) is 5.73 Å². The minimum Gasteiger partial charge on any atom is -0.329 e. The van der Waals surface area contributed by atoms with E-state index in [9.17, 15) is 8.42 Å². The molecule has 0 saturated carbocycles. The highest BCUT2D eigenvalue weighted by atomic mass is 32.2. The molecule has 84 valence electrons. The van der Waals surface area contributed by atoms with E-state index in [0.29, 0.717) is 6.42 Å². The molecule has 1 atom stereocenters. The summed E-state index contributed by atoms with van der Waals surface area (Å²) in [4.78, 5) is 3.92. The fourth-order valence-corrected chi connectivity index (χ4v) is 2.39. The molecular weight excluding hydrogens is 214 g/mol. The Hall–Kier alpha value is -0.980. The van der Waals surface area contributed by atoms with Crippen molar-refractivity contribution in [1.29, 1.82) is 0 Å². The molecule has 1 aromatic rings. The van der Waals surface area contributed by atoms with E-state index in [1.807, 2.05) is 6.92 Å². The predicted octanol–water partition coefficient (Wildman–Crippen LogP) is 0.0972. The second-order valence-corrected chi connectivity index (χ2v) is 4.86. The highest BCUT2D eigenvalue weighted by molar-refractivity contribution is 7.89. The summed E-state index contributed by atoms with van der Waals surface area (Å²) in [5.74, 6) is 0. The molecule has 5 nitrogen and oxygen atoms in total. The van der Waals surface area contributed by atoms with Gasteiger partial charge in [0.2, 0.25) is 10.0 Å². The van der Waals surface area contributed by atoms with E-state index in [1.54, 1.807) is 6.07 Å². The van der Waals surface area contributed by atoms with Gasteiger partial charge >= 0.3 is 0 Å². The second-order valence-electron chi connectivity index (χ2n) is 3.15. The van der Waals surface area contributed by atoms with Crippen LogP contribution in [0, 0.1) is 0 Å². The van der Waals surface area contributed by atoms with Crippen LogP contribution in [0.5, 0.6) is 0 Å². The molecule has 0 spiro atoms. The topological polar surface area (TPSA) is 85.1 Å². The predicted molar refractivity (Wildman–Crippen MR) is 57.7 cm³/mol. The summed E-state index contributed by atoms with van der Waals surface area (Å²) in [6.45, 7) is 2.17. The van der Waals surface area contributed by atoms with E-state index in [0.717, 1.165) is 0 Å². The van der Waals surface area contributed by atoms with E-state index in [-0.39, 0.29) is 17.5 Å². The molecule has 1 heterocycles. The van der Waals surface area contributed by atoms with Gasteiger partial charge in [0, 0.05) is 25.0 Å². The van der Waals surface area contributed by atoms with Gasteiger partial charge in [0.05, 0.1) is 0 Å². The van der Waals surface area contributed by atoms with Crippen LogP contribution >= 0.6 is 0 Å². The third-order valence-electron chi connectivity index (χ3n) is 2.04. The van der Waals surface area contributed by atoms with E-state index >= 15 is 0 Å². The zero-order valence-corrected chi connectivity index (χ0v) is 9.37. The van der Waals surface area contributed by atoms with E-state index < -0.39 is 10.0 Å². The molecule has 0 bridgehead atoms. The molecule has 0 saturated heterocycles. The molecule has 0 radical (unpaired) electrons. The first kappa shape index (κ1) is 12.1. The summed E-state index contributed by atoms with van der Waals surface area (Å²) in [5.41, 5.74) is 5.43.